The zero-order valence-electron chi connectivity index (χ0n) is 15.3. The van der Waals surface area contributed by atoms with Crippen molar-refractivity contribution in [2.24, 2.45) is 0 Å². The number of ether oxygens (including phenoxy) is 2. The van der Waals surface area contributed by atoms with E-state index in [1.807, 2.05) is 18.2 Å². The van der Waals surface area contributed by atoms with E-state index in [4.69, 9.17) is 14.6 Å². The molecule has 0 fully saturated rings. The summed E-state index contributed by atoms with van der Waals surface area (Å²) in [5.41, 5.74) is 2.55. The van der Waals surface area contributed by atoms with E-state index < -0.39 is 0 Å². The molecular formula is C20H24N2O4. The number of benzene rings is 1. The predicted molar refractivity (Wildman–Crippen MR) is 100 cm³/mol. The molecule has 1 heterocycles. The summed E-state index contributed by atoms with van der Waals surface area (Å²) in [6.45, 7) is 0.501. The van der Waals surface area contributed by atoms with Crippen LogP contribution in [-0.4, -0.2) is 48.7 Å². The van der Waals surface area contributed by atoms with Gasteiger partial charge in [0, 0.05) is 32.1 Å². The molecule has 0 saturated heterocycles. The number of pyridine rings is 1. The summed E-state index contributed by atoms with van der Waals surface area (Å²) in [6, 6.07) is 7.53. The molecule has 0 radical (unpaired) electrons. The molecule has 0 aliphatic carbocycles. The molecule has 0 aliphatic rings. The van der Waals surface area contributed by atoms with Gasteiger partial charge in [0.1, 0.15) is 0 Å². The lowest BCUT2D eigenvalue weighted by molar-refractivity contribution is -0.124. The number of methoxy groups -OCH3 is 2. The minimum absolute atomic E-state index is 0.0755. The van der Waals surface area contributed by atoms with Gasteiger partial charge in [0.05, 0.1) is 20.8 Å². The Hall–Kier alpha value is -2.86. The fourth-order valence-electron chi connectivity index (χ4n) is 2.42. The molecule has 1 aromatic heterocycles. The van der Waals surface area contributed by atoms with Crippen LogP contribution in [-0.2, 0) is 17.8 Å². The third kappa shape index (κ3) is 5.32. The number of aliphatic hydroxyl groups excluding tert-OH is 1. The smallest absolute Gasteiger partial charge is 0.246 e. The maximum absolute atomic E-state index is 12.2. The molecule has 138 valence electrons. The number of carbonyl (C=O) groups is 1. The van der Waals surface area contributed by atoms with Crippen LogP contribution < -0.4 is 9.47 Å². The molecule has 0 spiro atoms. The van der Waals surface area contributed by atoms with Gasteiger partial charge < -0.3 is 19.5 Å². The summed E-state index contributed by atoms with van der Waals surface area (Å²) in [6.07, 6.45) is 7.15. The number of hydrogen-bond acceptors (Lipinski definition) is 5. The van der Waals surface area contributed by atoms with Crippen molar-refractivity contribution in [2.75, 3.05) is 27.8 Å². The van der Waals surface area contributed by atoms with Gasteiger partial charge in [-0.3, -0.25) is 9.78 Å². The Morgan fingerprint density at radius 3 is 2.62 bits per heavy atom. The summed E-state index contributed by atoms with van der Waals surface area (Å²) in [4.78, 5) is 17.9. The van der Waals surface area contributed by atoms with Crippen LogP contribution in [0, 0.1) is 0 Å². The van der Waals surface area contributed by atoms with Crippen LogP contribution in [0.3, 0.4) is 0 Å². The number of amides is 1. The van der Waals surface area contributed by atoms with Crippen molar-refractivity contribution in [2.45, 2.75) is 13.0 Å². The second kappa shape index (κ2) is 9.58. The molecule has 0 unspecified atom stereocenters. The Labute approximate surface area is 153 Å². The molecule has 2 rings (SSSR count). The standard InChI is InChI=1S/C20H24N2O4/c1-22(9-8-15-4-6-18(25-2)19(11-15)26-3)20(24)7-5-16-10-17(14-23)13-21-12-16/h4-7,10-13,23H,8-9,14H2,1-3H3/b7-5+. The molecule has 26 heavy (non-hydrogen) atoms. The molecule has 6 nitrogen and oxygen atoms in total. The van der Waals surface area contributed by atoms with Gasteiger partial charge in [-0.25, -0.2) is 0 Å². The van der Waals surface area contributed by atoms with Crippen molar-refractivity contribution < 1.29 is 19.4 Å². The van der Waals surface area contributed by atoms with E-state index in [-0.39, 0.29) is 12.5 Å². The Morgan fingerprint density at radius 2 is 1.92 bits per heavy atom. The largest absolute Gasteiger partial charge is 0.493 e. The maximum atomic E-state index is 12.2. The summed E-state index contributed by atoms with van der Waals surface area (Å²) in [5, 5.41) is 9.12. The zero-order chi connectivity index (χ0) is 18.9. The molecule has 0 aliphatic heterocycles. The van der Waals surface area contributed by atoms with Gasteiger partial charge in [0.2, 0.25) is 5.91 Å². The van der Waals surface area contributed by atoms with Gasteiger partial charge in [-0.05, 0) is 47.4 Å². The molecule has 1 amide bonds. The third-order valence-corrected chi connectivity index (χ3v) is 3.98. The number of rotatable bonds is 8. The van der Waals surface area contributed by atoms with Crippen molar-refractivity contribution in [1.29, 1.82) is 0 Å². The molecule has 2 aromatic rings. The third-order valence-electron chi connectivity index (χ3n) is 3.98. The van der Waals surface area contributed by atoms with E-state index in [0.29, 0.717) is 30.0 Å². The van der Waals surface area contributed by atoms with Crippen molar-refractivity contribution in [3.05, 3.63) is 59.4 Å². The molecule has 0 bridgehead atoms. The maximum Gasteiger partial charge on any atom is 0.246 e. The summed E-state index contributed by atoms with van der Waals surface area (Å²) >= 11 is 0. The van der Waals surface area contributed by atoms with Gasteiger partial charge in [0.15, 0.2) is 11.5 Å². The van der Waals surface area contributed by atoms with Crippen LogP contribution in [0.4, 0.5) is 0 Å². The van der Waals surface area contributed by atoms with E-state index in [1.165, 1.54) is 6.08 Å². The average molecular weight is 356 g/mol. The SMILES string of the molecule is COc1ccc(CCN(C)C(=O)/C=C/c2cncc(CO)c2)cc1OC. The van der Waals surface area contributed by atoms with Crippen molar-refractivity contribution >= 4 is 12.0 Å². The highest BCUT2D eigenvalue weighted by molar-refractivity contribution is 5.91. The number of aromatic nitrogens is 1. The lowest BCUT2D eigenvalue weighted by atomic mass is 10.1. The first-order valence-electron chi connectivity index (χ1n) is 8.26. The van der Waals surface area contributed by atoms with Crippen molar-refractivity contribution in [1.82, 2.24) is 9.88 Å². The topological polar surface area (TPSA) is 71.9 Å². The van der Waals surface area contributed by atoms with Gasteiger partial charge in [-0.15, -0.1) is 0 Å². The van der Waals surface area contributed by atoms with Crippen LogP contribution in [0.5, 0.6) is 11.5 Å². The highest BCUT2D eigenvalue weighted by Crippen LogP contribution is 2.27. The first-order chi connectivity index (χ1) is 12.6. The van der Waals surface area contributed by atoms with Crippen LogP contribution in [0.25, 0.3) is 6.08 Å². The quantitative estimate of drug-likeness (QED) is 0.735. The van der Waals surface area contributed by atoms with E-state index in [1.54, 1.807) is 50.7 Å². The lowest BCUT2D eigenvalue weighted by Crippen LogP contribution is -2.27. The number of likely N-dealkylation sites (N-methyl/N-ethyl adjacent to an activating group) is 1. The Bertz CT molecular complexity index is 774. The van der Waals surface area contributed by atoms with Crippen molar-refractivity contribution in [3.8, 4) is 11.5 Å². The van der Waals surface area contributed by atoms with E-state index in [0.717, 1.165) is 11.1 Å². The first-order valence-corrected chi connectivity index (χ1v) is 8.26. The Morgan fingerprint density at radius 1 is 1.15 bits per heavy atom. The van der Waals surface area contributed by atoms with Gasteiger partial charge in [0.25, 0.3) is 0 Å². The van der Waals surface area contributed by atoms with Crippen LogP contribution in [0.1, 0.15) is 16.7 Å². The predicted octanol–water partition coefficient (Wildman–Crippen LogP) is 2.31. The molecular weight excluding hydrogens is 332 g/mol. The second-order valence-electron chi connectivity index (χ2n) is 5.82. The van der Waals surface area contributed by atoms with E-state index >= 15 is 0 Å². The molecule has 0 atom stereocenters. The van der Waals surface area contributed by atoms with E-state index in [9.17, 15) is 4.79 Å². The minimum Gasteiger partial charge on any atom is -0.493 e. The van der Waals surface area contributed by atoms with Crippen molar-refractivity contribution in [3.63, 3.8) is 0 Å². The normalized spacial score (nSPS) is 10.8. The average Bonchev–Trinajstić information content (AvgIpc) is 2.69. The summed E-state index contributed by atoms with van der Waals surface area (Å²) < 4.78 is 10.5. The van der Waals surface area contributed by atoms with Crippen LogP contribution >= 0.6 is 0 Å². The van der Waals surface area contributed by atoms with Gasteiger partial charge >= 0.3 is 0 Å². The molecule has 1 aromatic carbocycles. The van der Waals surface area contributed by atoms with Gasteiger partial charge in [-0.1, -0.05) is 6.07 Å². The first kappa shape index (κ1) is 19.5. The summed E-state index contributed by atoms with van der Waals surface area (Å²) in [7, 11) is 4.96. The van der Waals surface area contributed by atoms with Crippen LogP contribution in [0.15, 0.2) is 42.7 Å². The van der Waals surface area contributed by atoms with Crippen LogP contribution in [0.2, 0.25) is 0 Å². The number of nitrogens with zero attached hydrogens (tertiary/aromatic N) is 2. The molecule has 0 saturated carbocycles. The van der Waals surface area contributed by atoms with Gasteiger partial charge in [-0.2, -0.15) is 0 Å². The Kier molecular flexibility index (Phi) is 7.17. The minimum atomic E-state index is -0.0973. The lowest BCUT2D eigenvalue weighted by Gasteiger charge is -2.16. The van der Waals surface area contributed by atoms with E-state index in [2.05, 4.69) is 4.98 Å². The molecule has 1 N–H and O–H groups in total. The Balaban J connectivity index is 1.93. The second-order valence-corrected chi connectivity index (χ2v) is 5.82. The fourth-order valence-corrected chi connectivity index (χ4v) is 2.42. The molecule has 6 heteroatoms. The highest BCUT2D eigenvalue weighted by atomic mass is 16.5. The number of hydrogen-bond donors (Lipinski definition) is 1. The zero-order valence-corrected chi connectivity index (χ0v) is 15.3. The highest BCUT2D eigenvalue weighted by Gasteiger charge is 2.08. The fraction of sp³-hybridized carbons (Fsp3) is 0.300. The monoisotopic (exact) mass is 356 g/mol. The number of aliphatic hydroxyl groups is 1. The number of carbonyl (C=O) groups excluding carboxylic acids is 1. The summed E-state index contributed by atoms with van der Waals surface area (Å²) in [5.74, 6) is 1.26.